The number of rotatable bonds is 7. The highest BCUT2D eigenvalue weighted by molar-refractivity contribution is 5.79. The maximum Gasteiger partial charge on any atom is 0.213 e. The number of nitrogens with zero attached hydrogens (tertiary/aromatic N) is 1. The van der Waals surface area contributed by atoms with Crippen molar-refractivity contribution in [1.29, 1.82) is 0 Å². The topological polar surface area (TPSA) is 57.6 Å². The third kappa shape index (κ3) is 4.04. The molecule has 0 saturated carbocycles. The van der Waals surface area contributed by atoms with Crippen molar-refractivity contribution in [1.82, 2.24) is 0 Å². The highest BCUT2D eigenvalue weighted by atomic mass is 16.5. The Balaban J connectivity index is 2.00. The van der Waals surface area contributed by atoms with Crippen LogP contribution in [0.15, 0.2) is 48.5 Å². The molecule has 0 bridgehead atoms. The van der Waals surface area contributed by atoms with Crippen LogP contribution in [0.25, 0.3) is 23.1 Å². The normalized spacial score (nSPS) is 11.1. The standard InChI is InChI=1S/C22H25N2O3/c1-25-19-9-10-20-17(15-19)6-8-18(24(20)13-12-23)7-4-16-5-11-21(26-2)22(14-16)27-3/h4-11,14-15H,12-13,23H2,1-3H3/q+1/b7-4+. The number of fused-ring (bicyclic) bond motifs is 1. The lowest BCUT2D eigenvalue weighted by atomic mass is 10.1. The zero-order valence-electron chi connectivity index (χ0n) is 15.9. The summed E-state index contributed by atoms with van der Waals surface area (Å²) in [4.78, 5) is 0. The molecule has 2 aromatic carbocycles. The van der Waals surface area contributed by atoms with Crippen molar-refractivity contribution in [2.24, 2.45) is 5.73 Å². The second-order valence-electron chi connectivity index (χ2n) is 6.07. The zero-order valence-corrected chi connectivity index (χ0v) is 15.9. The van der Waals surface area contributed by atoms with Gasteiger partial charge >= 0.3 is 0 Å². The fourth-order valence-electron chi connectivity index (χ4n) is 3.11. The lowest BCUT2D eigenvalue weighted by Gasteiger charge is -2.08. The Kier molecular flexibility index (Phi) is 5.94. The van der Waals surface area contributed by atoms with E-state index in [4.69, 9.17) is 19.9 Å². The Morgan fingerprint density at radius 1 is 0.852 bits per heavy atom. The van der Waals surface area contributed by atoms with E-state index < -0.39 is 0 Å². The van der Waals surface area contributed by atoms with Crippen LogP contribution in [0.4, 0.5) is 0 Å². The summed E-state index contributed by atoms with van der Waals surface area (Å²) in [7, 11) is 4.95. The molecule has 0 spiro atoms. The minimum Gasteiger partial charge on any atom is -0.497 e. The molecule has 0 radical (unpaired) electrons. The van der Waals surface area contributed by atoms with Crippen LogP contribution in [-0.4, -0.2) is 27.9 Å². The molecular weight excluding hydrogens is 340 g/mol. The van der Waals surface area contributed by atoms with E-state index in [2.05, 4.69) is 34.9 Å². The van der Waals surface area contributed by atoms with Crippen LogP contribution in [0.1, 0.15) is 11.3 Å². The van der Waals surface area contributed by atoms with Gasteiger partial charge in [0.2, 0.25) is 11.2 Å². The van der Waals surface area contributed by atoms with E-state index in [1.807, 2.05) is 30.3 Å². The first-order valence-electron chi connectivity index (χ1n) is 8.81. The Morgan fingerprint density at radius 3 is 2.37 bits per heavy atom. The predicted octanol–water partition coefficient (Wildman–Crippen LogP) is 3.28. The fraction of sp³-hybridized carbons (Fsp3) is 0.227. The first-order chi connectivity index (χ1) is 13.2. The van der Waals surface area contributed by atoms with Crippen molar-refractivity contribution in [3.8, 4) is 17.2 Å². The van der Waals surface area contributed by atoms with Crippen LogP contribution in [-0.2, 0) is 6.54 Å². The summed E-state index contributed by atoms with van der Waals surface area (Å²) in [6.07, 6.45) is 4.14. The number of ether oxygens (including phenoxy) is 3. The molecule has 2 N–H and O–H groups in total. The lowest BCUT2D eigenvalue weighted by molar-refractivity contribution is -0.670. The molecule has 5 nitrogen and oxygen atoms in total. The summed E-state index contributed by atoms with van der Waals surface area (Å²) in [5.41, 5.74) is 9.08. The van der Waals surface area contributed by atoms with Gasteiger partial charge < -0.3 is 19.9 Å². The highest BCUT2D eigenvalue weighted by Crippen LogP contribution is 2.28. The maximum absolute atomic E-state index is 5.85. The molecule has 1 aromatic heterocycles. The summed E-state index contributed by atoms with van der Waals surface area (Å²) < 4.78 is 18.2. The summed E-state index contributed by atoms with van der Waals surface area (Å²) in [5, 5.41) is 1.12. The number of nitrogens with two attached hydrogens (primary N) is 1. The van der Waals surface area contributed by atoms with E-state index >= 15 is 0 Å². The van der Waals surface area contributed by atoms with Crippen molar-refractivity contribution in [3.63, 3.8) is 0 Å². The number of hydrogen-bond donors (Lipinski definition) is 1. The molecule has 0 atom stereocenters. The van der Waals surface area contributed by atoms with Gasteiger partial charge in [-0.3, -0.25) is 0 Å². The first-order valence-corrected chi connectivity index (χ1v) is 8.81. The minimum absolute atomic E-state index is 0.563. The molecule has 3 aromatic rings. The van der Waals surface area contributed by atoms with Crippen LogP contribution in [0.3, 0.4) is 0 Å². The summed E-state index contributed by atoms with van der Waals surface area (Å²) in [6, 6.07) is 16.1. The van der Waals surface area contributed by atoms with E-state index in [0.717, 1.165) is 34.5 Å². The lowest BCUT2D eigenvalue weighted by Crippen LogP contribution is -2.41. The van der Waals surface area contributed by atoms with Crippen molar-refractivity contribution in [2.75, 3.05) is 27.9 Å². The van der Waals surface area contributed by atoms with Crippen molar-refractivity contribution < 1.29 is 18.8 Å². The van der Waals surface area contributed by atoms with Gasteiger partial charge in [-0.25, -0.2) is 0 Å². The number of hydrogen-bond acceptors (Lipinski definition) is 4. The smallest absolute Gasteiger partial charge is 0.213 e. The molecule has 140 valence electrons. The average Bonchev–Trinajstić information content (AvgIpc) is 2.72. The minimum atomic E-state index is 0.563. The Hall–Kier alpha value is -3.05. The Labute approximate surface area is 159 Å². The molecule has 0 aliphatic heterocycles. The molecule has 0 fully saturated rings. The SMILES string of the molecule is COc1ccc2c(ccc(/C=C/c3ccc(OC)c(OC)c3)[n+]2CCN)c1. The van der Waals surface area contributed by atoms with Crippen LogP contribution < -0.4 is 24.5 Å². The van der Waals surface area contributed by atoms with Gasteiger partial charge in [-0.1, -0.05) is 6.07 Å². The number of methoxy groups -OCH3 is 3. The predicted molar refractivity (Wildman–Crippen MR) is 108 cm³/mol. The van der Waals surface area contributed by atoms with Gasteiger partial charge in [0, 0.05) is 18.2 Å². The Bertz CT molecular complexity index is 967. The molecule has 27 heavy (non-hydrogen) atoms. The van der Waals surface area contributed by atoms with Crippen molar-refractivity contribution in [2.45, 2.75) is 6.54 Å². The quantitative estimate of drug-likeness (QED) is 0.653. The van der Waals surface area contributed by atoms with Gasteiger partial charge in [0.25, 0.3) is 0 Å². The summed E-state index contributed by atoms with van der Waals surface area (Å²) in [6.45, 7) is 1.29. The van der Waals surface area contributed by atoms with E-state index in [9.17, 15) is 0 Å². The fourth-order valence-corrected chi connectivity index (χ4v) is 3.11. The van der Waals surface area contributed by atoms with Crippen LogP contribution in [0.2, 0.25) is 0 Å². The van der Waals surface area contributed by atoms with Gasteiger partial charge in [0.15, 0.2) is 18.0 Å². The van der Waals surface area contributed by atoms with Gasteiger partial charge in [0.1, 0.15) is 5.75 Å². The van der Waals surface area contributed by atoms with Gasteiger partial charge in [-0.2, -0.15) is 4.57 Å². The highest BCUT2D eigenvalue weighted by Gasteiger charge is 2.14. The van der Waals surface area contributed by atoms with Gasteiger partial charge in [-0.05, 0) is 42.0 Å². The van der Waals surface area contributed by atoms with E-state index in [-0.39, 0.29) is 0 Å². The maximum atomic E-state index is 5.85. The second kappa shape index (κ2) is 8.56. The summed E-state index contributed by atoms with van der Waals surface area (Å²) >= 11 is 0. The number of aromatic nitrogens is 1. The van der Waals surface area contributed by atoms with Crippen LogP contribution >= 0.6 is 0 Å². The number of pyridine rings is 1. The van der Waals surface area contributed by atoms with Gasteiger partial charge in [0.05, 0.1) is 33.3 Å². The first kappa shape index (κ1) is 18.7. The molecule has 0 unspecified atom stereocenters. The van der Waals surface area contributed by atoms with Crippen LogP contribution in [0.5, 0.6) is 17.2 Å². The molecule has 3 rings (SSSR count). The molecule has 5 heteroatoms. The second-order valence-corrected chi connectivity index (χ2v) is 6.07. The molecular formula is C22H25N2O3+. The molecule has 0 aliphatic rings. The summed E-state index contributed by atoms with van der Waals surface area (Å²) in [5.74, 6) is 2.27. The largest absolute Gasteiger partial charge is 0.497 e. The van der Waals surface area contributed by atoms with Gasteiger partial charge in [-0.15, -0.1) is 0 Å². The van der Waals surface area contributed by atoms with Crippen molar-refractivity contribution in [3.05, 3.63) is 59.8 Å². The third-order valence-electron chi connectivity index (χ3n) is 4.48. The van der Waals surface area contributed by atoms with E-state index in [1.54, 1.807) is 21.3 Å². The molecule has 0 amide bonds. The molecule has 0 aliphatic carbocycles. The van der Waals surface area contributed by atoms with E-state index in [1.165, 1.54) is 0 Å². The number of benzene rings is 2. The van der Waals surface area contributed by atoms with Crippen LogP contribution in [0, 0.1) is 0 Å². The molecule has 0 saturated heterocycles. The monoisotopic (exact) mass is 365 g/mol. The average molecular weight is 365 g/mol. The van der Waals surface area contributed by atoms with Crippen molar-refractivity contribution >= 4 is 23.1 Å². The Morgan fingerprint density at radius 2 is 1.67 bits per heavy atom. The van der Waals surface area contributed by atoms with E-state index in [0.29, 0.717) is 18.0 Å². The third-order valence-corrected chi connectivity index (χ3v) is 4.48. The zero-order chi connectivity index (χ0) is 19.2. The molecule has 1 heterocycles.